The number of rotatable bonds is 4. The standard InChI is InChI=1S/C18H14Cl2N2O3/c1-10(11-4-6-13(19)14(20)9-11)21-17(23)12-5-7-15(22-18(12)24)16-3-2-8-25-16/h2-10H,1H3,(H,21,23)(H,22,24). The van der Waals surface area contributed by atoms with Crippen molar-refractivity contribution in [3.8, 4) is 11.5 Å². The first-order valence-electron chi connectivity index (χ1n) is 7.48. The number of nitrogens with one attached hydrogen (secondary N) is 2. The van der Waals surface area contributed by atoms with Gasteiger partial charge in [-0.05, 0) is 48.9 Å². The third kappa shape index (κ3) is 3.78. The zero-order valence-electron chi connectivity index (χ0n) is 13.2. The largest absolute Gasteiger partial charge is 0.463 e. The molecule has 0 saturated heterocycles. The molecule has 1 atom stereocenters. The summed E-state index contributed by atoms with van der Waals surface area (Å²) in [5, 5.41) is 3.61. The molecule has 3 rings (SSSR count). The van der Waals surface area contributed by atoms with Crippen molar-refractivity contribution in [2.24, 2.45) is 0 Å². The second-order valence-corrected chi connectivity index (χ2v) is 6.28. The summed E-state index contributed by atoms with van der Waals surface area (Å²) in [6, 6.07) is 11.3. The lowest BCUT2D eigenvalue weighted by Gasteiger charge is -2.15. The number of pyridine rings is 1. The van der Waals surface area contributed by atoms with Crippen molar-refractivity contribution >= 4 is 29.1 Å². The van der Waals surface area contributed by atoms with E-state index < -0.39 is 11.5 Å². The zero-order chi connectivity index (χ0) is 18.0. The summed E-state index contributed by atoms with van der Waals surface area (Å²) in [5.41, 5.74) is 0.811. The van der Waals surface area contributed by atoms with Crippen LogP contribution in [0, 0.1) is 0 Å². The van der Waals surface area contributed by atoms with Gasteiger partial charge >= 0.3 is 0 Å². The van der Waals surface area contributed by atoms with Gasteiger partial charge in [0, 0.05) is 0 Å². The van der Waals surface area contributed by atoms with E-state index in [-0.39, 0.29) is 11.6 Å². The fourth-order valence-electron chi connectivity index (χ4n) is 2.37. The minimum Gasteiger partial charge on any atom is -0.463 e. The van der Waals surface area contributed by atoms with Crippen LogP contribution in [-0.2, 0) is 0 Å². The van der Waals surface area contributed by atoms with Crippen molar-refractivity contribution in [3.05, 3.63) is 80.3 Å². The molecule has 0 spiro atoms. The first-order valence-corrected chi connectivity index (χ1v) is 8.24. The molecule has 25 heavy (non-hydrogen) atoms. The lowest BCUT2D eigenvalue weighted by atomic mass is 10.1. The predicted octanol–water partition coefficient (Wildman–Crippen LogP) is 4.43. The number of carbonyl (C=O) groups excluding carboxylic acids is 1. The van der Waals surface area contributed by atoms with E-state index in [2.05, 4.69) is 10.3 Å². The third-order valence-electron chi connectivity index (χ3n) is 3.73. The molecule has 2 N–H and O–H groups in total. The first kappa shape index (κ1) is 17.3. The van der Waals surface area contributed by atoms with Gasteiger partial charge in [-0.3, -0.25) is 9.59 Å². The number of hydrogen-bond donors (Lipinski definition) is 2. The Kier molecular flexibility index (Phi) is 4.97. The number of H-pyrrole nitrogens is 1. The fourth-order valence-corrected chi connectivity index (χ4v) is 2.67. The molecule has 128 valence electrons. The fraction of sp³-hybridized carbons (Fsp3) is 0.111. The molecule has 1 unspecified atom stereocenters. The number of carbonyl (C=O) groups is 1. The Labute approximate surface area is 153 Å². The van der Waals surface area contributed by atoms with E-state index in [9.17, 15) is 9.59 Å². The maximum atomic E-state index is 12.4. The van der Waals surface area contributed by atoms with Gasteiger partial charge in [-0.1, -0.05) is 29.3 Å². The van der Waals surface area contributed by atoms with Crippen LogP contribution in [0.5, 0.6) is 0 Å². The van der Waals surface area contributed by atoms with Gasteiger partial charge in [0.2, 0.25) is 0 Å². The van der Waals surface area contributed by atoms with Gasteiger partial charge in [-0.2, -0.15) is 0 Å². The zero-order valence-corrected chi connectivity index (χ0v) is 14.7. The Morgan fingerprint density at radius 1 is 1.16 bits per heavy atom. The van der Waals surface area contributed by atoms with Crippen molar-refractivity contribution in [2.75, 3.05) is 0 Å². The Bertz CT molecular complexity index is 965. The van der Waals surface area contributed by atoms with Crippen LogP contribution in [0.15, 0.2) is 57.9 Å². The van der Waals surface area contributed by atoms with Crippen LogP contribution in [0.2, 0.25) is 10.0 Å². The van der Waals surface area contributed by atoms with E-state index in [0.29, 0.717) is 21.5 Å². The maximum absolute atomic E-state index is 12.4. The Hall–Kier alpha value is -2.50. The highest BCUT2D eigenvalue weighted by molar-refractivity contribution is 6.42. The van der Waals surface area contributed by atoms with Crippen LogP contribution < -0.4 is 10.9 Å². The first-order chi connectivity index (χ1) is 12.0. The Balaban J connectivity index is 1.79. The van der Waals surface area contributed by atoms with Gasteiger partial charge in [0.1, 0.15) is 11.3 Å². The molecule has 0 saturated carbocycles. The van der Waals surface area contributed by atoms with Crippen LogP contribution in [-0.4, -0.2) is 10.9 Å². The SMILES string of the molecule is CC(NC(=O)c1ccc(-c2ccco2)[nH]c1=O)c1ccc(Cl)c(Cl)c1. The predicted molar refractivity (Wildman–Crippen MR) is 97.1 cm³/mol. The van der Waals surface area contributed by atoms with Crippen molar-refractivity contribution in [2.45, 2.75) is 13.0 Å². The number of amides is 1. The summed E-state index contributed by atoms with van der Waals surface area (Å²) in [7, 11) is 0. The Morgan fingerprint density at radius 2 is 1.96 bits per heavy atom. The molecule has 2 aromatic heterocycles. The lowest BCUT2D eigenvalue weighted by Crippen LogP contribution is -2.31. The number of hydrogen-bond acceptors (Lipinski definition) is 3. The number of furan rings is 1. The minimum absolute atomic E-state index is 0.0159. The van der Waals surface area contributed by atoms with Crippen LogP contribution in [0.25, 0.3) is 11.5 Å². The molecule has 0 aliphatic heterocycles. The third-order valence-corrected chi connectivity index (χ3v) is 4.47. The van der Waals surface area contributed by atoms with Crippen LogP contribution in [0.1, 0.15) is 28.9 Å². The van der Waals surface area contributed by atoms with E-state index in [1.807, 2.05) is 0 Å². The number of aromatic amines is 1. The quantitative estimate of drug-likeness (QED) is 0.706. The van der Waals surface area contributed by atoms with Crippen LogP contribution in [0.4, 0.5) is 0 Å². The van der Waals surface area contributed by atoms with E-state index in [1.165, 1.54) is 12.3 Å². The van der Waals surface area contributed by atoms with Crippen LogP contribution >= 0.6 is 23.2 Å². The molecule has 1 amide bonds. The highest BCUT2D eigenvalue weighted by atomic mass is 35.5. The average molecular weight is 377 g/mol. The molecule has 5 nitrogen and oxygen atoms in total. The number of aromatic nitrogens is 1. The topological polar surface area (TPSA) is 75.1 Å². The summed E-state index contributed by atoms with van der Waals surface area (Å²) in [6.45, 7) is 1.79. The Morgan fingerprint density at radius 3 is 2.60 bits per heavy atom. The molecule has 0 radical (unpaired) electrons. The van der Waals surface area contributed by atoms with Gasteiger partial charge < -0.3 is 14.7 Å². The molecular formula is C18H14Cl2N2O3. The molecule has 0 aliphatic carbocycles. The van der Waals surface area contributed by atoms with Crippen LogP contribution in [0.3, 0.4) is 0 Å². The van der Waals surface area contributed by atoms with Gasteiger partial charge in [-0.25, -0.2) is 0 Å². The van der Waals surface area contributed by atoms with Gasteiger partial charge in [0.05, 0.1) is 28.0 Å². The normalized spacial score (nSPS) is 12.0. The molecule has 0 fully saturated rings. The van der Waals surface area contributed by atoms with Gasteiger partial charge in [-0.15, -0.1) is 0 Å². The highest BCUT2D eigenvalue weighted by Gasteiger charge is 2.16. The smallest absolute Gasteiger partial charge is 0.261 e. The monoisotopic (exact) mass is 376 g/mol. The second-order valence-electron chi connectivity index (χ2n) is 5.46. The number of benzene rings is 1. The molecule has 7 heteroatoms. The summed E-state index contributed by atoms with van der Waals surface area (Å²) in [5.74, 6) is 0.0408. The molecule has 0 aliphatic rings. The van der Waals surface area contributed by atoms with E-state index in [4.69, 9.17) is 27.6 Å². The number of halogens is 2. The molecule has 3 aromatic rings. The minimum atomic E-state index is -0.493. The average Bonchev–Trinajstić information content (AvgIpc) is 3.11. The van der Waals surface area contributed by atoms with Crippen molar-refractivity contribution in [1.29, 1.82) is 0 Å². The van der Waals surface area contributed by atoms with Gasteiger partial charge in [0.15, 0.2) is 0 Å². The van der Waals surface area contributed by atoms with E-state index in [0.717, 1.165) is 5.56 Å². The molecule has 2 heterocycles. The van der Waals surface area contributed by atoms with Gasteiger partial charge in [0.25, 0.3) is 11.5 Å². The molecule has 1 aromatic carbocycles. The lowest BCUT2D eigenvalue weighted by molar-refractivity contribution is 0.0938. The summed E-state index contributed by atoms with van der Waals surface area (Å²) < 4.78 is 5.22. The summed E-state index contributed by atoms with van der Waals surface area (Å²) in [4.78, 5) is 27.2. The maximum Gasteiger partial charge on any atom is 0.261 e. The molecule has 0 bridgehead atoms. The molecular weight excluding hydrogens is 363 g/mol. The summed E-state index contributed by atoms with van der Waals surface area (Å²) in [6.07, 6.45) is 1.51. The highest BCUT2D eigenvalue weighted by Crippen LogP contribution is 2.25. The second kappa shape index (κ2) is 7.17. The van der Waals surface area contributed by atoms with E-state index in [1.54, 1.807) is 43.3 Å². The van der Waals surface area contributed by atoms with Crippen molar-refractivity contribution < 1.29 is 9.21 Å². The van der Waals surface area contributed by atoms with Crippen molar-refractivity contribution in [1.82, 2.24) is 10.3 Å². The summed E-state index contributed by atoms with van der Waals surface area (Å²) >= 11 is 11.9. The van der Waals surface area contributed by atoms with Crippen molar-refractivity contribution in [3.63, 3.8) is 0 Å². The van der Waals surface area contributed by atoms with E-state index >= 15 is 0 Å².